The van der Waals surface area contributed by atoms with Crippen molar-refractivity contribution in [1.82, 2.24) is 9.97 Å². The van der Waals surface area contributed by atoms with Crippen molar-refractivity contribution in [2.24, 2.45) is 4.99 Å². The van der Waals surface area contributed by atoms with Crippen molar-refractivity contribution in [3.8, 4) is 5.75 Å². The predicted octanol–water partition coefficient (Wildman–Crippen LogP) is 4.76. The van der Waals surface area contributed by atoms with Crippen LogP contribution in [0.15, 0.2) is 62.6 Å². The van der Waals surface area contributed by atoms with Crippen LogP contribution in [0, 0.1) is 0 Å². The average molecular weight is 523 g/mol. The van der Waals surface area contributed by atoms with Crippen LogP contribution in [0.2, 0.25) is 0 Å². The smallest absolute Gasteiger partial charge is 0.206 e. The molecule has 0 fully saturated rings. The Balaban J connectivity index is 1.85. The molecular formula is C23H13Br2N3O2. The largest absolute Gasteiger partial charge is 0.505 e. The Morgan fingerprint density at radius 3 is 2.57 bits per heavy atom. The molecule has 1 N–H and O–H groups in total. The first-order valence-electron chi connectivity index (χ1n) is 9.48. The molecule has 2 aromatic carbocycles. The number of nitrogens with zero attached hydrogens (tertiary/aromatic N) is 3. The lowest BCUT2D eigenvalue weighted by Gasteiger charge is -2.34. The number of phenolic OH excluding ortho intramolecular Hbond substituents is 1. The molecule has 2 aliphatic rings. The van der Waals surface area contributed by atoms with E-state index in [2.05, 4.69) is 36.8 Å². The molecule has 0 saturated carbocycles. The molecule has 0 unspecified atom stereocenters. The van der Waals surface area contributed by atoms with Gasteiger partial charge in [-0.15, -0.1) is 0 Å². The lowest BCUT2D eigenvalue weighted by atomic mass is 9.72. The van der Waals surface area contributed by atoms with Crippen LogP contribution in [-0.4, -0.2) is 27.4 Å². The summed E-state index contributed by atoms with van der Waals surface area (Å²) in [5.41, 5.74) is 2.00. The van der Waals surface area contributed by atoms with E-state index >= 15 is 0 Å². The first-order valence-corrected chi connectivity index (χ1v) is 11.1. The number of benzene rings is 2. The SMILES string of the molecule is O=C1C(Br)=CC2(C=C1Br)CCN=c1c2c(O)c2nc3ccccc3c3ccnc1c23. The predicted molar refractivity (Wildman–Crippen MR) is 123 cm³/mol. The Bertz CT molecular complexity index is 1530. The molecule has 0 saturated heterocycles. The number of fused-ring (bicyclic) bond motifs is 5. The number of pyridine rings is 2. The van der Waals surface area contributed by atoms with E-state index in [1.54, 1.807) is 6.20 Å². The van der Waals surface area contributed by atoms with Crippen LogP contribution in [0.3, 0.4) is 0 Å². The normalized spacial score (nSPS) is 17.9. The van der Waals surface area contributed by atoms with Crippen molar-refractivity contribution in [2.75, 3.05) is 6.54 Å². The van der Waals surface area contributed by atoms with Gasteiger partial charge in [0, 0.05) is 34.5 Å². The first kappa shape index (κ1) is 18.2. The molecule has 7 heteroatoms. The van der Waals surface area contributed by atoms with Crippen LogP contribution in [-0.2, 0) is 10.2 Å². The number of carbonyl (C=O) groups excluding carboxylic acids is 1. The standard InChI is InChI=1S/C23H13Br2N3O2/c24-13-9-23(10-14(25)21(13)29)6-8-27-20-17(23)22(30)19-16-12(5-7-26-18(16)20)11-3-1-2-4-15(11)28-19/h1-5,7,9-10,30H,6,8H2. The fraction of sp³-hybridized carbons (Fsp3) is 0.130. The summed E-state index contributed by atoms with van der Waals surface area (Å²) in [6, 6.07) is 9.83. The third-order valence-electron chi connectivity index (χ3n) is 6.00. The number of halogens is 2. The number of allylic oxidation sites excluding steroid dienone is 4. The number of para-hydroxylation sites is 1. The van der Waals surface area contributed by atoms with E-state index in [1.807, 2.05) is 42.5 Å². The van der Waals surface area contributed by atoms with E-state index in [1.165, 1.54) is 0 Å². The summed E-state index contributed by atoms with van der Waals surface area (Å²) in [6.45, 7) is 0.558. The number of hydrogen-bond donors (Lipinski definition) is 1. The van der Waals surface area contributed by atoms with Gasteiger partial charge in [0.1, 0.15) is 11.3 Å². The van der Waals surface area contributed by atoms with Crippen LogP contribution in [0.4, 0.5) is 0 Å². The first-order chi connectivity index (χ1) is 14.5. The topological polar surface area (TPSA) is 75.4 Å². The highest BCUT2D eigenvalue weighted by Crippen LogP contribution is 2.46. The quantitative estimate of drug-likeness (QED) is 0.267. The molecule has 2 aromatic heterocycles. The minimum Gasteiger partial charge on any atom is -0.505 e. The third kappa shape index (κ3) is 2.27. The Hall–Kier alpha value is -2.64. The average Bonchev–Trinajstić information content (AvgIpc) is 2.75. The van der Waals surface area contributed by atoms with Crippen LogP contribution in [0.25, 0.3) is 32.7 Å². The van der Waals surface area contributed by atoms with E-state index in [0.29, 0.717) is 38.4 Å². The van der Waals surface area contributed by atoms with Crippen LogP contribution in [0.1, 0.15) is 12.0 Å². The molecule has 4 aromatic rings. The second-order valence-electron chi connectivity index (χ2n) is 7.62. The molecule has 0 bridgehead atoms. The number of phenols is 1. The molecule has 0 amide bonds. The van der Waals surface area contributed by atoms with Gasteiger partial charge in [0.2, 0.25) is 5.78 Å². The van der Waals surface area contributed by atoms with Gasteiger partial charge in [-0.1, -0.05) is 30.4 Å². The number of aromatic hydroxyl groups is 1. The van der Waals surface area contributed by atoms with Gasteiger partial charge >= 0.3 is 0 Å². The van der Waals surface area contributed by atoms with Crippen molar-refractivity contribution in [2.45, 2.75) is 11.8 Å². The summed E-state index contributed by atoms with van der Waals surface area (Å²) in [5, 5.41) is 15.0. The van der Waals surface area contributed by atoms with Crippen LogP contribution < -0.4 is 5.36 Å². The van der Waals surface area contributed by atoms with Crippen molar-refractivity contribution in [1.29, 1.82) is 0 Å². The van der Waals surface area contributed by atoms with Gasteiger partial charge in [0.25, 0.3) is 0 Å². The molecule has 0 radical (unpaired) electrons. The molecule has 1 aliphatic heterocycles. The maximum atomic E-state index is 12.3. The maximum Gasteiger partial charge on any atom is 0.206 e. The Kier molecular flexibility index (Phi) is 3.74. The van der Waals surface area contributed by atoms with Gasteiger partial charge in [0.15, 0.2) is 0 Å². The minimum absolute atomic E-state index is 0.0900. The summed E-state index contributed by atoms with van der Waals surface area (Å²) in [6.07, 6.45) is 6.14. The van der Waals surface area contributed by atoms with Crippen molar-refractivity contribution < 1.29 is 9.90 Å². The van der Waals surface area contributed by atoms with E-state index in [0.717, 1.165) is 27.2 Å². The lowest BCUT2D eigenvalue weighted by molar-refractivity contribution is -0.111. The molecule has 1 spiro atoms. The fourth-order valence-corrected chi connectivity index (χ4v) is 6.21. The minimum atomic E-state index is -0.679. The third-order valence-corrected chi connectivity index (χ3v) is 7.18. The molecule has 1 aliphatic carbocycles. The zero-order valence-corrected chi connectivity index (χ0v) is 18.7. The second-order valence-corrected chi connectivity index (χ2v) is 9.33. The molecule has 6 rings (SSSR count). The molecular weight excluding hydrogens is 510 g/mol. The van der Waals surface area contributed by atoms with E-state index in [-0.39, 0.29) is 11.5 Å². The number of aromatic nitrogens is 2. The van der Waals surface area contributed by atoms with Gasteiger partial charge in [-0.2, -0.15) is 0 Å². The number of ketones is 1. The fourth-order valence-electron chi connectivity index (χ4n) is 4.70. The summed E-state index contributed by atoms with van der Waals surface area (Å²) in [5.74, 6) is -0.0301. The highest BCUT2D eigenvalue weighted by Gasteiger charge is 2.40. The zero-order valence-electron chi connectivity index (χ0n) is 15.5. The summed E-state index contributed by atoms with van der Waals surface area (Å²) in [4.78, 5) is 26.5. The number of Topliss-reactive ketones (excluding diaryl/α,β-unsaturated/α-hetero) is 1. The van der Waals surface area contributed by atoms with Gasteiger partial charge in [0.05, 0.1) is 25.4 Å². The number of rotatable bonds is 0. The molecule has 3 heterocycles. The monoisotopic (exact) mass is 521 g/mol. The molecule has 0 atom stereocenters. The van der Waals surface area contributed by atoms with Crippen molar-refractivity contribution in [3.63, 3.8) is 0 Å². The van der Waals surface area contributed by atoms with Gasteiger partial charge in [-0.05, 0) is 55.8 Å². The van der Waals surface area contributed by atoms with Gasteiger partial charge < -0.3 is 5.11 Å². The highest BCUT2D eigenvalue weighted by molar-refractivity contribution is 9.13. The summed E-state index contributed by atoms with van der Waals surface area (Å²) in [7, 11) is 0. The Morgan fingerprint density at radius 2 is 1.77 bits per heavy atom. The Morgan fingerprint density at radius 1 is 1.00 bits per heavy atom. The zero-order chi connectivity index (χ0) is 20.6. The molecule has 146 valence electrons. The second kappa shape index (κ2) is 6.18. The van der Waals surface area contributed by atoms with Gasteiger partial charge in [-0.3, -0.25) is 14.8 Å². The van der Waals surface area contributed by atoms with E-state index in [9.17, 15) is 9.90 Å². The molecule has 5 nitrogen and oxygen atoms in total. The van der Waals surface area contributed by atoms with Crippen LogP contribution in [0.5, 0.6) is 5.75 Å². The summed E-state index contributed by atoms with van der Waals surface area (Å²) < 4.78 is 0.920. The van der Waals surface area contributed by atoms with E-state index in [4.69, 9.17) is 9.98 Å². The maximum absolute atomic E-state index is 12.3. The molecule has 30 heavy (non-hydrogen) atoms. The van der Waals surface area contributed by atoms with E-state index < -0.39 is 5.41 Å². The summed E-state index contributed by atoms with van der Waals surface area (Å²) >= 11 is 6.80. The number of carbonyl (C=O) groups is 1. The number of hydrogen-bond acceptors (Lipinski definition) is 5. The lowest BCUT2D eigenvalue weighted by Crippen LogP contribution is -2.37. The highest BCUT2D eigenvalue weighted by atomic mass is 79.9. The van der Waals surface area contributed by atoms with Crippen molar-refractivity contribution >= 4 is 70.4 Å². The Labute approximate surface area is 187 Å². The van der Waals surface area contributed by atoms with Crippen molar-refractivity contribution in [3.05, 3.63) is 68.6 Å². The van der Waals surface area contributed by atoms with Crippen LogP contribution >= 0.6 is 31.9 Å². The van der Waals surface area contributed by atoms with Gasteiger partial charge in [-0.25, -0.2) is 4.98 Å².